The van der Waals surface area contributed by atoms with E-state index >= 15 is 0 Å². The highest BCUT2D eigenvalue weighted by atomic mass is 15.1. The summed E-state index contributed by atoms with van der Waals surface area (Å²) in [7, 11) is 0. The molecule has 0 aromatic heterocycles. The van der Waals surface area contributed by atoms with E-state index in [0.717, 1.165) is 17.1 Å². The second-order valence-corrected chi connectivity index (χ2v) is 15.4. The second kappa shape index (κ2) is 13.7. The number of nitrogens with zero attached hydrogens (tertiary/aromatic N) is 1. The lowest BCUT2D eigenvalue weighted by atomic mass is 9.82. The highest BCUT2D eigenvalue weighted by molar-refractivity contribution is 5.97. The summed E-state index contributed by atoms with van der Waals surface area (Å²) >= 11 is 0. The van der Waals surface area contributed by atoms with Gasteiger partial charge in [-0.1, -0.05) is 178 Å². The van der Waals surface area contributed by atoms with E-state index in [2.05, 4.69) is 231 Å². The predicted molar refractivity (Wildman–Crippen MR) is 238 cm³/mol. The van der Waals surface area contributed by atoms with E-state index in [0.29, 0.717) is 0 Å². The molecule has 266 valence electrons. The monoisotopic (exact) mass is 715 g/mol. The van der Waals surface area contributed by atoms with Gasteiger partial charge in [-0.05, 0) is 126 Å². The number of benzene rings is 9. The van der Waals surface area contributed by atoms with Crippen LogP contribution in [0, 0.1) is 0 Å². The molecule has 1 nitrogen and oxygen atoms in total. The van der Waals surface area contributed by atoms with E-state index < -0.39 is 0 Å². The smallest absolute Gasteiger partial charge is 0.0467 e. The Morgan fingerprint density at radius 1 is 0.304 bits per heavy atom. The van der Waals surface area contributed by atoms with Crippen LogP contribution in [0.25, 0.3) is 66.4 Å². The quantitative estimate of drug-likeness (QED) is 0.159. The van der Waals surface area contributed by atoms with Crippen LogP contribution in [0.5, 0.6) is 0 Å². The van der Waals surface area contributed by atoms with Crippen molar-refractivity contribution in [1.29, 1.82) is 0 Å². The normalized spacial score (nSPS) is 12.6. The SMILES string of the molecule is CC1(C)c2ccccc2-c2ccc(N(c3ccc(-c4cccc(-c5ccccc5)c4)cc3)c3cccc(-c4cccc(-c5cccc6ccccc56)c4)c3)cc21. The summed E-state index contributed by atoms with van der Waals surface area (Å²) in [6, 6.07) is 77.6. The van der Waals surface area contributed by atoms with Crippen LogP contribution in [0.2, 0.25) is 0 Å². The van der Waals surface area contributed by atoms with Crippen LogP contribution in [-0.4, -0.2) is 0 Å². The maximum Gasteiger partial charge on any atom is 0.0467 e. The molecule has 1 heteroatoms. The average molecular weight is 716 g/mol. The molecule has 1 aliphatic carbocycles. The fraction of sp³-hybridized carbons (Fsp3) is 0.0545. The molecule has 0 saturated heterocycles. The summed E-state index contributed by atoms with van der Waals surface area (Å²) < 4.78 is 0. The lowest BCUT2D eigenvalue weighted by Crippen LogP contribution is -2.16. The van der Waals surface area contributed by atoms with Crippen LogP contribution in [0.15, 0.2) is 212 Å². The first-order chi connectivity index (χ1) is 27.5. The van der Waals surface area contributed by atoms with Gasteiger partial charge in [0.2, 0.25) is 0 Å². The van der Waals surface area contributed by atoms with Crippen molar-refractivity contribution in [3.05, 3.63) is 223 Å². The zero-order chi connectivity index (χ0) is 37.6. The van der Waals surface area contributed by atoms with Gasteiger partial charge >= 0.3 is 0 Å². The van der Waals surface area contributed by atoms with E-state index in [1.165, 1.54) is 77.5 Å². The molecule has 1 aliphatic rings. The van der Waals surface area contributed by atoms with Gasteiger partial charge in [0.05, 0.1) is 0 Å². The van der Waals surface area contributed by atoms with Gasteiger partial charge in [0.1, 0.15) is 0 Å². The third-order valence-electron chi connectivity index (χ3n) is 11.7. The summed E-state index contributed by atoms with van der Waals surface area (Å²) in [6.45, 7) is 4.71. The number of hydrogen-bond acceptors (Lipinski definition) is 1. The number of anilines is 3. The summed E-state index contributed by atoms with van der Waals surface area (Å²) in [5, 5.41) is 2.52. The zero-order valence-corrected chi connectivity index (χ0v) is 31.7. The summed E-state index contributed by atoms with van der Waals surface area (Å²) in [5.41, 5.74) is 18.3. The average Bonchev–Trinajstić information content (AvgIpc) is 3.49. The molecule has 0 heterocycles. The highest BCUT2D eigenvalue weighted by Gasteiger charge is 2.35. The van der Waals surface area contributed by atoms with Crippen molar-refractivity contribution in [2.75, 3.05) is 4.90 Å². The molecule has 0 unspecified atom stereocenters. The minimum Gasteiger partial charge on any atom is -0.310 e. The number of hydrogen-bond donors (Lipinski definition) is 0. The summed E-state index contributed by atoms with van der Waals surface area (Å²) in [5.74, 6) is 0. The molecule has 0 fully saturated rings. The van der Waals surface area contributed by atoms with E-state index in [1.54, 1.807) is 0 Å². The van der Waals surface area contributed by atoms with E-state index in [1.807, 2.05) is 0 Å². The highest BCUT2D eigenvalue weighted by Crippen LogP contribution is 2.51. The standard InChI is InChI=1S/C55H41N/c1-55(2)53-27-9-8-25-51(53)52-33-32-48(37-54(52)55)56(46-30-28-39(29-31-46)42-19-10-18-41(34-42)38-14-4-3-5-15-38)47-23-12-21-44(36-47)43-20-11-22-45(35-43)50-26-13-17-40-16-6-7-24-49(40)50/h3-37H,1-2H3. The fourth-order valence-electron chi connectivity index (χ4n) is 8.76. The Bertz CT molecular complexity index is 2880. The van der Waals surface area contributed by atoms with Gasteiger partial charge in [0.25, 0.3) is 0 Å². The van der Waals surface area contributed by atoms with Crippen molar-refractivity contribution < 1.29 is 0 Å². The minimum absolute atomic E-state index is 0.106. The van der Waals surface area contributed by atoms with Gasteiger partial charge in [-0.25, -0.2) is 0 Å². The first kappa shape index (κ1) is 33.6. The lowest BCUT2D eigenvalue weighted by molar-refractivity contribution is 0.660. The fourth-order valence-corrected chi connectivity index (χ4v) is 8.76. The topological polar surface area (TPSA) is 3.24 Å². The first-order valence-corrected chi connectivity index (χ1v) is 19.5. The predicted octanol–water partition coefficient (Wildman–Crippen LogP) is 15.3. The van der Waals surface area contributed by atoms with Crippen LogP contribution >= 0.6 is 0 Å². The molecule has 0 bridgehead atoms. The van der Waals surface area contributed by atoms with Crippen LogP contribution in [0.1, 0.15) is 25.0 Å². The van der Waals surface area contributed by atoms with Gasteiger partial charge in [0, 0.05) is 22.5 Å². The maximum atomic E-state index is 2.42. The molecule has 56 heavy (non-hydrogen) atoms. The van der Waals surface area contributed by atoms with Gasteiger partial charge in [0.15, 0.2) is 0 Å². The van der Waals surface area contributed by atoms with Crippen molar-refractivity contribution in [2.45, 2.75) is 19.3 Å². The van der Waals surface area contributed by atoms with Crippen LogP contribution in [0.4, 0.5) is 17.1 Å². The van der Waals surface area contributed by atoms with Crippen molar-refractivity contribution in [2.24, 2.45) is 0 Å². The zero-order valence-electron chi connectivity index (χ0n) is 31.7. The second-order valence-electron chi connectivity index (χ2n) is 15.4. The molecule has 0 aliphatic heterocycles. The molecule has 0 radical (unpaired) electrons. The van der Waals surface area contributed by atoms with Gasteiger partial charge in [-0.2, -0.15) is 0 Å². The Kier molecular flexibility index (Phi) is 8.23. The molecular weight excluding hydrogens is 675 g/mol. The molecule has 9 aromatic carbocycles. The molecule has 0 spiro atoms. The maximum absolute atomic E-state index is 2.42. The Morgan fingerprint density at radius 2 is 0.804 bits per heavy atom. The lowest BCUT2D eigenvalue weighted by Gasteiger charge is -2.28. The molecule has 0 amide bonds. The van der Waals surface area contributed by atoms with Gasteiger partial charge < -0.3 is 4.90 Å². The number of fused-ring (bicyclic) bond motifs is 4. The van der Waals surface area contributed by atoms with Crippen molar-refractivity contribution >= 4 is 27.8 Å². The van der Waals surface area contributed by atoms with E-state index in [9.17, 15) is 0 Å². The third-order valence-corrected chi connectivity index (χ3v) is 11.7. The van der Waals surface area contributed by atoms with Crippen LogP contribution < -0.4 is 4.90 Å². The molecule has 10 rings (SSSR count). The molecule has 0 N–H and O–H groups in total. The Labute approximate surface area is 329 Å². The summed E-state index contributed by atoms with van der Waals surface area (Å²) in [6.07, 6.45) is 0. The van der Waals surface area contributed by atoms with Crippen molar-refractivity contribution in [3.8, 4) is 55.6 Å². The van der Waals surface area contributed by atoms with Gasteiger partial charge in [-0.3, -0.25) is 0 Å². The van der Waals surface area contributed by atoms with Crippen molar-refractivity contribution in [1.82, 2.24) is 0 Å². The van der Waals surface area contributed by atoms with E-state index in [-0.39, 0.29) is 5.41 Å². The van der Waals surface area contributed by atoms with Crippen molar-refractivity contribution in [3.63, 3.8) is 0 Å². The molecular formula is C55H41N. The number of rotatable bonds is 7. The first-order valence-electron chi connectivity index (χ1n) is 19.5. The molecule has 0 saturated carbocycles. The van der Waals surface area contributed by atoms with E-state index in [4.69, 9.17) is 0 Å². The Morgan fingerprint density at radius 3 is 1.61 bits per heavy atom. The van der Waals surface area contributed by atoms with Crippen LogP contribution in [-0.2, 0) is 5.41 Å². The Hall–Kier alpha value is -6.96. The van der Waals surface area contributed by atoms with Crippen LogP contribution in [0.3, 0.4) is 0 Å². The minimum atomic E-state index is -0.106. The largest absolute Gasteiger partial charge is 0.310 e. The Balaban J connectivity index is 1.07. The van der Waals surface area contributed by atoms with Gasteiger partial charge in [-0.15, -0.1) is 0 Å². The molecule has 0 atom stereocenters. The summed E-state index contributed by atoms with van der Waals surface area (Å²) in [4.78, 5) is 2.42. The molecule has 9 aromatic rings. The third kappa shape index (κ3) is 5.90.